The third-order valence-electron chi connectivity index (χ3n) is 3.71. The van der Waals surface area contributed by atoms with Gasteiger partial charge in [0.05, 0.1) is 12.2 Å². The lowest BCUT2D eigenvalue weighted by Crippen LogP contribution is -2.25. The van der Waals surface area contributed by atoms with Crippen molar-refractivity contribution in [2.75, 3.05) is 13.7 Å². The Morgan fingerprint density at radius 3 is 2.40 bits per heavy atom. The molecule has 108 valence electrons. The van der Waals surface area contributed by atoms with Crippen LogP contribution in [0.15, 0.2) is 36.4 Å². The first-order valence-corrected chi connectivity index (χ1v) is 6.96. The Labute approximate surface area is 120 Å². The average Bonchev–Trinajstić information content (AvgIpc) is 2.47. The van der Waals surface area contributed by atoms with Gasteiger partial charge in [-0.3, -0.25) is 0 Å². The minimum atomic E-state index is -0.160. The SMILES string of the molecule is COC(C)(C)CCOc1ccc(CN)c2ccccc12. The fraction of sp³-hybridized carbons (Fsp3) is 0.412. The van der Waals surface area contributed by atoms with Crippen molar-refractivity contribution >= 4 is 10.8 Å². The molecule has 0 aliphatic heterocycles. The molecule has 0 aliphatic rings. The summed E-state index contributed by atoms with van der Waals surface area (Å²) in [6, 6.07) is 12.3. The van der Waals surface area contributed by atoms with Gasteiger partial charge in [-0.25, -0.2) is 0 Å². The lowest BCUT2D eigenvalue weighted by atomic mass is 10.0. The molecule has 0 radical (unpaired) electrons. The van der Waals surface area contributed by atoms with Gasteiger partial charge in [0.2, 0.25) is 0 Å². The smallest absolute Gasteiger partial charge is 0.127 e. The van der Waals surface area contributed by atoms with Gasteiger partial charge in [0, 0.05) is 25.5 Å². The van der Waals surface area contributed by atoms with Crippen LogP contribution in [-0.4, -0.2) is 19.3 Å². The number of rotatable bonds is 6. The minimum absolute atomic E-state index is 0.160. The van der Waals surface area contributed by atoms with Crippen LogP contribution in [0.25, 0.3) is 10.8 Å². The van der Waals surface area contributed by atoms with Crippen molar-refractivity contribution in [1.29, 1.82) is 0 Å². The number of nitrogens with two attached hydrogens (primary N) is 1. The number of methoxy groups -OCH3 is 1. The van der Waals surface area contributed by atoms with E-state index in [2.05, 4.69) is 26.0 Å². The van der Waals surface area contributed by atoms with Crippen molar-refractivity contribution in [3.8, 4) is 5.75 Å². The third kappa shape index (κ3) is 3.30. The number of benzene rings is 2. The van der Waals surface area contributed by atoms with Gasteiger partial charge in [0.15, 0.2) is 0 Å². The Balaban J connectivity index is 2.19. The highest BCUT2D eigenvalue weighted by Crippen LogP contribution is 2.29. The van der Waals surface area contributed by atoms with E-state index in [1.165, 1.54) is 5.39 Å². The molecule has 2 N–H and O–H groups in total. The van der Waals surface area contributed by atoms with Crippen LogP contribution in [0.4, 0.5) is 0 Å². The topological polar surface area (TPSA) is 44.5 Å². The van der Waals surface area contributed by atoms with E-state index in [1.54, 1.807) is 7.11 Å². The molecule has 0 aliphatic carbocycles. The van der Waals surface area contributed by atoms with Crippen LogP contribution in [0.1, 0.15) is 25.8 Å². The fourth-order valence-corrected chi connectivity index (χ4v) is 2.15. The molecule has 0 unspecified atom stereocenters. The summed E-state index contributed by atoms with van der Waals surface area (Å²) in [5.74, 6) is 0.907. The molecule has 0 saturated carbocycles. The van der Waals surface area contributed by atoms with Crippen molar-refractivity contribution in [3.63, 3.8) is 0 Å². The Morgan fingerprint density at radius 2 is 1.75 bits per heavy atom. The Morgan fingerprint density at radius 1 is 1.05 bits per heavy atom. The predicted octanol–water partition coefficient (Wildman–Crippen LogP) is 3.49. The first-order chi connectivity index (χ1) is 9.57. The summed E-state index contributed by atoms with van der Waals surface area (Å²) in [6.07, 6.45) is 0.844. The molecule has 20 heavy (non-hydrogen) atoms. The molecule has 0 aromatic heterocycles. The van der Waals surface area contributed by atoms with Crippen LogP contribution in [0.2, 0.25) is 0 Å². The monoisotopic (exact) mass is 273 g/mol. The molecular formula is C17H23NO2. The van der Waals surface area contributed by atoms with Crippen molar-refractivity contribution in [2.45, 2.75) is 32.4 Å². The molecule has 3 heteroatoms. The Bertz CT molecular complexity index is 578. The van der Waals surface area contributed by atoms with Gasteiger partial charge >= 0.3 is 0 Å². The first-order valence-electron chi connectivity index (χ1n) is 6.96. The summed E-state index contributed by atoms with van der Waals surface area (Å²) in [7, 11) is 1.73. The lowest BCUT2D eigenvalue weighted by Gasteiger charge is -2.23. The summed E-state index contributed by atoms with van der Waals surface area (Å²) < 4.78 is 11.3. The standard InChI is InChI=1S/C17H23NO2/c1-17(2,19-3)10-11-20-16-9-8-13(12-18)14-6-4-5-7-15(14)16/h4-9H,10-12,18H2,1-3H3. The van der Waals surface area contributed by atoms with Gasteiger partial charge in [-0.2, -0.15) is 0 Å². The van der Waals surface area contributed by atoms with Crippen molar-refractivity contribution < 1.29 is 9.47 Å². The molecule has 0 spiro atoms. The van der Waals surface area contributed by atoms with E-state index in [0.29, 0.717) is 13.2 Å². The molecule has 0 fully saturated rings. The van der Waals surface area contributed by atoms with Crippen LogP contribution in [0.5, 0.6) is 5.75 Å². The summed E-state index contributed by atoms with van der Waals surface area (Å²) in [5.41, 5.74) is 6.77. The van der Waals surface area contributed by atoms with E-state index in [-0.39, 0.29) is 5.60 Å². The average molecular weight is 273 g/mol. The molecule has 0 amide bonds. The van der Waals surface area contributed by atoms with Crippen LogP contribution in [-0.2, 0) is 11.3 Å². The van der Waals surface area contributed by atoms with Crippen molar-refractivity contribution in [1.82, 2.24) is 0 Å². The minimum Gasteiger partial charge on any atom is -0.493 e. The largest absolute Gasteiger partial charge is 0.493 e. The zero-order chi connectivity index (χ0) is 14.6. The Kier molecular flexibility index (Phi) is 4.63. The maximum absolute atomic E-state index is 5.94. The number of hydrogen-bond donors (Lipinski definition) is 1. The maximum Gasteiger partial charge on any atom is 0.127 e. The molecule has 2 aromatic carbocycles. The zero-order valence-corrected chi connectivity index (χ0v) is 12.5. The van der Waals surface area contributed by atoms with Crippen LogP contribution in [0.3, 0.4) is 0 Å². The van der Waals surface area contributed by atoms with E-state index in [9.17, 15) is 0 Å². The van der Waals surface area contributed by atoms with Crippen molar-refractivity contribution in [3.05, 3.63) is 42.0 Å². The van der Waals surface area contributed by atoms with E-state index < -0.39 is 0 Å². The quantitative estimate of drug-likeness (QED) is 0.876. The number of fused-ring (bicyclic) bond motifs is 1. The molecule has 3 nitrogen and oxygen atoms in total. The third-order valence-corrected chi connectivity index (χ3v) is 3.71. The van der Waals surface area contributed by atoms with Gasteiger partial charge in [0.25, 0.3) is 0 Å². The summed E-state index contributed by atoms with van der Waals surface area (Å²) in [6.45, 7) is 5.29. The fourth-order valence-electron chi connectivity index (χ4n) is 2.15. The van der Waals surface area contributed by atoms with Gasteiger partial charge in [-0.1, -0.05) is 30.3 Å². The van der Waals surface area contributed by atoms with E-state index in [4.69, 9.17) is 15.2 Å². The second-order valence-corrected chi connectivity index (χ2v) is 5.53. The molecule has 2 rings (SSSR count). The summed E-state index contributed by atoms with van der Waals surface area (Å²) in [4.78, 5) is 0. The molecular weight excluding hydrogens is 250 g/mol. The molecule has 0 saturated heterocycles. The molecule has 2 aromatic rings. The maximum atomic E-state index is 5.94. The van der Waals surface area contributed by atoms with Crippen LogP contribution >= 0.6 is 0 Å². The van der Waals surface area contributed by atoms with E-state index in [1.807, 2.05) is 24.3 Å². The van der Waals surface area contributed by atoms with Gasteiger partial charge in [-0.05, 0) is 30.9 Å². The predicted molar refractivity (Wildman–Crippen MR) is 83.0 cm³/mol. The van der Waals surface area contributed by atoms with Gasteiger partial charge < -0.3 is 15.2 Å². The molecule has 0 heterocycles. The highest BCUT2D eigenvalue weighted by atomic mass is 16.5. The summed E-state index contributed by atoms with van der Waals surface area (Å²) in [5, 5.41) is 2.28. The molecule has 0 bridgehead atoms. The van der Waals surface area contributed by atoms with Crippen LogP contribution < -0.4 is 10.5 Å². The summed E-state index contributed by atoms with van der Waals surface area (Å²) >= 11 is 0. The van der Waals surface area contributed by atoms with E-state index >= 15 is 0 Å². The van der Waals surface area contributed by atoms with Crippen LogP contribution in [0, 0.1) is 0 Å². The number of hydrogen-bond acceptors (Lipinski definition) is 3. The number of ether oxygens (including phenoxy) is 2. The lowest BCUT2D eigenvalue weighted by molar-refractivity contribution is 0.00558. The van der Waals surface area contributed by atoms with Gasteiger partial charge in [-0.15, -0.1) is 0 Å². The normalized spacial score (nSPS) is 11.8. The van der Waals surface area contributed by atoms with Crippen molar-refractivity contribution in [2.24, 2.45) is 5.73 Å². The molecule has 0 atom stereocenters. The second kappa shape index (κ2) is 6.25. The zero-order valence-electron chi connectivity index (χ0n) is 12.5. The highest BCUT2D eigenvalue weighted by molar-refractivity contribution is 5.91. The first kappa shape index (κ1) is 14.8. The van der Waals surface area contributed by atoms with E-state index in [0.717, 1.165) is 23.1 Å². The highest BCUT2D eigenvalue weighted by Gasteiger charge is 2.16. The van der Waals surface area contributed by atoms with Gasteiger partial charge in [0.1, 0.15) is 5.75 Å². The Hall–Kier alpha value is -1.58. The second-order valence-electron chi connectivity index (χ2n) is 5.53.